The monoisotopic (exact) mass is 260 g/mol. The summed E-state index contributed by atoms with van der Waals surface area (Å²) in [7, 11) is 0. The average Bonchev–Trinajstić information content (AvgIpc) is 2.34. The number of halogens is 1. The van der Waals surface area contributed by atoms with Gasteiger partial charge in [0.15, 0.2) is 0 Å². The summed E-state index contributed by atoms with van der Waals surface area (Å²) in [4.78, 5) is 4.64. The highest BCUT2D eigenvalue weighted by Crippen LogP contribution is 2.27. The van der Waals surface area contributed by atoms with Gasteiger partial charge in [-0.25, -0.2) is 4.39 Å². The van der Waals surface area contributed by atoms with Crippen molar-refractivity contribution in [3.05, 3.63) is 35.3 Å². The van der Waals surface area contributed by atoms with E-state index in [1.54, 1.807) is 6.92 Å². The molecule has 0 spiro atoms. The first-order valence-corrected chi connectivity index (χ1v) is 6.85. The quantitative estimate of drug-likeness (QED) is 0.886. The number of rotatable bonds is 4. The van der Waals surface area contributed by atoms with Gasteiger partial charge in [-0.2, -0.15) is 0 Å². The molecule has 3 heteroatoms. The van der Waals surface area contributed by atoms with E-state index in [0.29, 0.717) is 11.5 Å². The van der Waals surface area contributed by atoms with Crippen molar-refractivity contribution < 1.29 is 4.39 Å². The van der Waals surface area contributed by atoms with Crippen LogP contribution in [-0.2, 0) is 6.42 Å². The number of aryl methyl sites for hydroxylation is 1. The second-order valence-corrected chi connectivity index (χ2v) is 5.36. The second-order valence-electron chi connectivity index (χ2n) is 5.36. The number of anilines is 1. The largest absolute Gasteiger partial charge is 0.385 e. The third-order valence-electron chi connectivity index (χ3n) is 3.21. The highest BCUT2D eigenvalue weighted by molar-refractivity contribution is 5.93. The molecule has 2 nitrogen and oxygen atoms in total. The van der Waals surface area contributed by atoms with Crippen LogP contribution in [0.2, 0.25) is 0 Å². The molecule has 19 heavy (non-hydrogen) atoms. The van der Waals surface area contributed by atoms with E-state index in [4.69, 9.17) is 0 Å². The van der Waals surface area contributed by atoms with Crippen molar-refractivity contribution in [2.75, 3.05) is 11.9 Å². The predicted octanol–water partition coefficient (Wildman–Crippen LogP) is 4.31. The molecule has 0 saturated heterocycles. The van der Waals surface area contributed by atoms with Gasteiger partial charge in [0.1, 0.15) is 5.82 Å². The molecule has 1 heterocycles. The van der Waals surface area contributed by atoms with Crippen LogP contribution in [0.1, 0.15) is 32.0 Å². The molecule has 0 aliphatic carbocycles. The Bertz CT molecular complexity index is 591. The molecule has 0 radical (unpaired) electrons. The van der Waals surface area contributed by atoms with E-state index in [0.717, 1.165) is 35.2 Å². The van der Waals surface area contributed by atoms with E-state index in [1.807, 2.05) is 6.07 Å². The zero-order valence-electron chi connectivity index (χ0n) is 12.0. The predicted molar refractivity (Wildman–Crippen MR) is 79.1 cm³/mol. The highest BCUT2D eigenvalue weighted by Gasteiger charge is 2.11. The fourth-order valence-electron chi connectivity index (χ4n) is 2.32. The lowest BCUT2D eigenvalue weighted by atomic mass is 10.0. The minimum atomic E-state index is -0.191. The van der Waals surface area contributed by atoms with Crippen molar-refractivity contribution in [3.63, 3.8) is 0 Å². The molecular formula is C16H21FN2. The number of aromatic nitrogens is 1. The molecule has 1 aromatic carbocycles. The smallest absolute Gasteiger partial charge is 0.128 e. The minimum absolute atomic E-state index is 0.191. The Morgan fingerprint density at radius 3 is 2.68 bits per heavy atom. The number of hydrogen-bond donors (Lipinski definition) is 1. The number of pyridine rings is 1. The van der Waals surface area contributed by atoms with Crippen LogP contribution in [-0.4, -0.2) is 11.5 Å². The maximum absolute atomic E-state index is 13.7. The number of hydrogen-bond acceptors (Lipinski definition) is 2. The Hall–Kier alpha value is -1.64. The van der Waals surface area contributed by atoms with Crippen LogP contribution in [0.15, 0.2) is 18.2 Å². The lowest BCUT2D eigenvalue weighted by Crippen LogP contribution is -2.04. The Kier molecular flexibility index (Phi) is 4.03. The van der Waals surface area contributed by atoms with Crippen molar-refractivity contribution in [2.45, 2.75) is 34.1 Å². The topological polar surface area (TPSA) is 24.9 Å². The number of fused-ring (bicyclic) bond motifs is 1. The third kappa shape index (κ3) is 2.86. The molecule has 102 valence electrons. The van der Waals surface area contributed by atoms with Crippen LogP contribution >= 0.6 is 0 Å². The van der Waals surface area contributed by atoms with Crippen LogP contribution in [0, 0.1) is 18.7 Å². The van der Waals surface area contributed by atoms with Crippen LogP contribution < -0.4 is 5.32 Å². The molecule has 0 aliphatic heterocycles. The molecule has 0 bridgehead atoms. The molecule has 2 rings (SSSR count). The SMILES string of the molecule is CCNc1cc(CC(C)C)nc2c(C)c(F)ccc12. The molecular weight excluding hydrogens is 239 g/mol. The summed E-state index contributed by atoms with van der Waals surface area (Å²) in [5.74, 6) is 0.345. The van der Waals surface area contributed by atoms with Gasteiger partial charge in [-0.05, 0) is 44.4 Å². The first-order chi connectivity index (χ1) is 9.02. The van der Waals surface area contributed by atoms with Crippen LogP contribution in [0.5, 0.6) is 0 Å². The summed E-state index contributed by atoms with van der Waals surface area (Å²) < 4.78 is 13.7. The van der Waals surface area contributed by atoms with E-state index >= 15 is 0 Å². The summed E-state index contributed by atoms with van der Waals surface area (Å²) >= 11 is 0. The number of nitrogens with zero attached hydrogens (tertiary/aromatic N) is 1. The summed E-state index contributed by atoms with van der Waals surface area (Å²) in [6.45, 7) is 9.02. The van der Waals surface area contributed by atoms with Crippen LogP contribution in [0.25, 0.3) is 10.9 Å². The summed E-state index contributed by atoms with van der Waals surface area (Å²) in [6.07, 6.45) is 0.907. The van der Waals surface area contributed by atoms with Gasteiger partial charge in [-0.3, -0.25) is 4.98 Å². The maximum atomic E-state index is 13.7. The zero-order valence-corrected chi connectivity index (χ0v) is 12.0. The fourth-order valence-corrected chi connectivity index (χ4v) is 2.32. The molecule has 0 amide bonds. The lowest BCUT2D eigenvalue weighted by molar-refractivity contribution is 0.619. The van der Waals surface area contributed by atoms with E-state index in [-0.39, 0.29) is 5.82 Å². The summed E-state index contributed by atoms with van der Waals surface area (Å²) in [5, 5.41) is 4.34. The third-order valence-corrected chi connectivity index (χ3v) is 3.21. The van der Waals surface area contributed by atoms with Gasteiger partial charge in [0.25, 0.3) is 0 Å². The van der Waals surface area contributed by atoms with Crippen molar-refractivity contribution in [1.29, 1.82) is 0 Å². The zero-order chi connectivity index (χ0) is 14.0. The molecule has 0 aliphatic rings. The van der Waals surface area contributed by atoms with Gasteiger partial charge < -0.3 is 5.32 Å². The molecule has 1 aromatic heterocycles. The van der Waals surface area contributed by atoms with Crippen molar-refractivity contribution in [1.82, 2.24) is 4.98 Å². The fraction of sp³-hybridized carbons (Fsp3) is 0.438. The number of benzene rings is 1. The van der Waals surface area contributed by atoms with Gasteiger partial charge >= 0.3 is 0 Å². The number of nitrogens with one attached hydrogen (secondary N) is 1. The van der Waals surface area contributed by atoms with Gasteiger partial charge in [-0.1, -0.05) is 13.8 Å². The first kappa shape index (κ1) is 13.8. The van der Waals surface area contributed by atoms with E-state index in [9.17, 15) is 4.39 Å². The Morgan fingerprint density at radius 2 is 2.05 bits per heavy atom. The average molecular weight is 260 g/mol. The normalized spacial score (nSPS) is 11.3. The molecule has 0 fully saturated rings. The lowest BCUT2D eigenvalue weighted by Gasteiger charge is -2.13. The molecule has 2 aromatic rings. The van der Waals surface area contributed by atoms with E-state index < -0.39 is 0 Å². The second kappa shape index (κ2) is 5.55. The molecule has 0 unspecified atom stereocenters. The van der Waals surface area contributed by atoms with Gasteiger partial charge in [0.05, 0.1) is 5.52 Å². The van der Waals surface area contributed by atoms with Crippen LogP contribution in [0.4, 0.5) is 10.1 Å². The van der Waals surface area contributed by atoms with Crippen molar-refractivity contribution in [3.8, 4) is 0 Å². The maximum Gasteiger partial charge on any atom is 0.128 e. The van der Waals surface area contributed by atoms with Gasteiger partial charge in [-0.15, -0.1) is 0 Å². The van der Waals surface area contributed by atoms with E-state index in [2.05, 4.69) is 37.1 Å². The highest BCUT2D eigenvalue weighted by atomic mass is 19.1. The van der Waals surface area contributed by atoms with E-state index in [1.165, 1.54) is 6.07 Å². The van der Waals surface area contributed by atoms with Gasteiger partial charge in [0, 0.05) is 28.9 Å². The molecule has 1 N–H and O–H groups in total. The van der Waals surface area contributed by atoms with Crippen molar-refractivity contribution >= 4 is 16.6 Å². The van der Waals surface area contributed by atoms with Crippen LogP contribution in [0.3, 0.4) is 0 Å². The van der Waals surface area contributed by atoms with Gasteiger partial charge in [0.2, 0.25) is 0 Å². The Balaban J connectivity index is 2.65. The summed E-state index contributed by atoms with van der Waals surface area (Å²) in [6, 6.07) is 5.41. The van der Waals surface area contributed by atoms with Crippen molar-refractivity contribution in [2.24, 2.45) is 5.92 Å². The molecule has 0 saturated carbocycles. The minimum Gasteiger partial charge on any atom is -0.385 e. The summed E-state index contributed by atoms with van der Waals surface area (Å²) in [5.41, 5.74) is 3.47. The Labute approximate surface area is 114 Å². The molecule has 0 atom stereocenters. The Morgan fingerprint density at radius 1 is 1.32 bits per heavy atom. The first-order valence-electron chi connectivity index (χ1n) is 6.85. The standard InChI is InChI=1S/C16H21FN2/c1-5-18-15-9-12(8-10(2)3)19-16-11(4)14(17)7-6-13(15)16/h6-7,9-10H,5,8H2,1-4H3,(H,18,19).